The summed E-state index contributed by atoms with van der Waals surface area (Å²) in [6, 6.07) is 0.924. The Morgan fingerprint density at radius 2 is 1.47 bits per heavy atom. The second-order valence-electron chi connectivity index (χ2n) is 8.20. The number of nitrogens with one attached hydrogen (secondary N) is 1. The minimum absolute atomic E-state index is 0.805. The summed E-state index contributed by atoms with van der Waals surface area (Å²) < 4.78 is 0. The highest BCUT2D eigenvalue weighted by Crippen LogP contribution is 2.61. The van der Waals surface area contributed by atoms with Crippen LogP contribution in [-0.4, -0.2) is 12.6 Å². The van der Waals surface area contributed by atoms with Crippen molar-refractivity contribution >= 4 is 0 Å². The van der Waals surface area contributed by atoms with Crippen molar-refractivity contribution in [2.75, 3.05) is 6.54 Å². The lowest BCUT2D eigenvalue weighted by Gasteiger charge is -2.56. The second kappa shape index (κ2) is 3.10. The molecule has 1 atom stereocenters. The molecule has 0 aromatic heterocycles. The average molecular weight is 231 g/mol. The van der Waals surface area contributed by atoms with Crippen LogP contribution in [0, 0.1) is 35.0 Å². The van der Waals surface area contributed by atoms with E-state index in [0.29, 0.717) is 0 Å². The Morgan fingerprint density at radius 3 is 2.00 bits per heavy atom. The van der Waals surface area contributed by atoms with Crippen molar-refractivity contribution in [1.29, 1.82) is 0 Å². The van der Waals surface area contributed by atoms with E-state index in [1.807, 2.05) is 0 Å². The van der Waals surface area contributed by atoms with Crippen molar-refractivity contribution in [3.63, 3.8) is 0 Å². The average Bonchev–Trinajstić information content (AvgIpc) is 2.90. The zero-order chi connectivity index (χ0) is 11.0. The van der Waals surface area contributed by atoms with Gasteiger partial charge in [0.2, 0.25) is 0 Å². The van der Waals surface area contributed by atoms with Gasteiger partial charge in [-0.25, -0.2) is 0 Å². The van der Waals surface area contributed by atoms with E-state index >= 15 is 0 Å². The van der Waals surface area contributed by atoms with Crippen molar-refractivity contribution in [1.82, 2.24) is 5.32 Å². The molecule has 1 saturated heterocycles. The lowest BCUT2D eigenvalue weighted by molar-refractivity contribution is -0.0497. The van der Waals surface area contributed by atoms with Crippen LogP contribution in [0.2, 0.25) is 0 Å². The van der Waals surface area contributed by atoms with E-state index in [1.54, 1.807) is 38.5 Å². The third-order valence-corrected chi connectivity index (χ3v) is 7.11. The van der Waals surface area contributed by atoms with Gasteiger partial charge in [-0.1, -0.05) is 0 Å². The van der Waals surface area contributed by atoms with Gasteiger partial charge in [0.25, 0.3) is 0 Å². The maximum absolute atomic E-state index is 3.94. The third-order valence-electron chi connectivity index (χ3n) is 7.11. The molecule has 6 aliphatic rings. The van der Waals surface area contributed by atoms with Crippen molar-refractivity contribution in [2.24, 2.45) is 35.0 Å². The number of hydrogen-bond acceptors (Lipinski definition) is 1. The number of rotatable bonds is 1. The van der Waals surface area contributed by atoms with Gasteiger partial charge in [-0.05, 0) is 86.4 Å². The molecule has 17 heavy (non-hydrogen) atoms. The summed E-state index contributed by atoms with van der Waals surface area (Å²) in [5, 5.41) is 3.94. The van der Waals surface area contributed by atoms with Gasteiger partial charge in [0.15, 0.2) is 0 Å². The summed E-state index contributed by atoms with van der Waals surface area (Å²) in [5.74, 6) is 5.62. The Kier molecular flexibility index (Phi) is 1.79. The first kappa shape index (κ1) is 9.83. The van der Waals surface area contributed by atoms with Crippen LogP contribution in [0.5, 0.6) is 0 Å². The van der Waals surface area contributed by atoms with Crippen LogP contribution in [-0.2, 0) is 0 Å². The Balaban J connectivity index is 1.41. The van der Waals surface area contributed by atoms with E-state index in [9.17, 15) is 0 Å². The molecule has 1 spiro atoms. The molecule has 0 radical (unpaired) electrons. The molecule has 1 unspecified atom stereocenters. The lowest BCUT2D eigenvalue weighted by Crippen LogP contribution is -2.51. The molecule has 6 rings (SSSR count). The van der Waals surface area contributed by atoms with Gasteiger partial charge in [-0.15, -0.1) is 0 Å². The van der Waals surface area contributed by atoms with Crippen LogP contribution < -0.4 is 5.32 Å². The molecule has 6 fully saturated rings. The molecule has 94 valence electrons. The van der Waals surface area contributed by atoms with Crippen LogP contribution >= 0.6 is 0 Å². The molecule has 1 nitrogen and oxygen atoms in total. The minimum atomic E-state index is 0.805. The Bertz CT molecular complexity index is 315. The van der Waals surface area contributed by atoms with Crippen LogP contribution in [0.25, 0.3) is 0 Å². The molecule has 1 heteroatoms. The molecule has 5 aliphatic carbocycles. The van der Waals surface area contributed by atoms with Crippen LogP contribution in [0.4, 0.5) is 0 Å². The maximum atomic E-state index is 3.94. The highest BCUT2D eigenvalue weighted by Gasteiger charge is 2.55. The Labute approximate surface area is 105 Å². The van der Waals surface area contributed by atoms with Gasteiger partial charge in [0.05, 0.1) is 0 Å². The fourth-order valence-corrected chi connectivity index (χ4v) is 6.41. The quantitative estimate of drug-likeness (QED) is 0.731. The van der Waals surface area contributed by atoms with Gasteiger partial charge in [0, 0.05) is 12.6 Å². The highest BCUT2D eigenvalue weighted by molar-refractivity contribution is 5.09. The van der Waals surface area contributed by atoms with Gasteiger partial charge in [0.1, 0.15) is 0 Å². The second-order valence-corrected chi connectivity index (χ2v) is 8.20. The summed E-state index contributed by atoms with van der Waals surface area (Å²) in [6.45, 7) is 1.36. The predicted molar refractivity (Wildman–Crippen MR) is 68.6 cm³/mol. The van der Waals surface area contributed by atoms with Gasteiger partial charge >= 0.3 is 0 Å². The highest BCUT2D eigenvalue weighted by atomic mass is 15.0. The number of hydrogen-bond donors (Lipinski definition) is 1. The molecule has 0 amide bonds. The standard InChI is InChI=1S/C16H25N/c1-2-16(1)8-14(17-9-16)15-12-4-10-3-11(6-12)7-13(15)5-10/h10-15,17H,1-9H2. The Morgan fingerprint density at radius 1 is 0.824 bits per heavy atom. The molecule has 0 aromatic carbocycles. The summed E-state index contributed by atoms with van der Waals surface area (Å²) >= 11 is 0. The summed E-state index contributed by atoms with van der Waals surface area (Å²) in [4.78, 5) is 0. The fourth-order valence-electron chi connectivity index (χ4n) is 6.41. The van der Waals surface area contributed by atoms with E-state index in [4.69, 9.17) is 0 Å². The third kappa shape index (κ3) is 1.35. The summed E-state index contributed by atoms with van der Waals surface area (Å²) in [7, 11) is 0. The molecule has 1 N–H and O–H groups in total. The molecule has 4 bridgehead atoms. The van der Waals surface area contributed by atoms with E-state index in [0.717, 1.165) is 41.0 Å². The van der Waals surface area contributed by atoms with Crippen molar-refractivity contribution < 1.29 is 0 Å². The van der Waals surface area contributed by atoms with Crippen molar-refractivity contribution in [3.8, 4) is 0 Å². The molecule has 0 aromatic rings. The zero-order valence-corrected chi connectivity index (χ0v) is 10.8. The van der Waals surface area contributed by atoms with E-state index in [1.165, 1.54) is 19.4 Å². The first-order valence-electron chi connectivity index (χ1n) is 8.05. The SMILES string of the molecule is C1C2CC3CC1CC(C2)C3C1CC2(CC2)CN1. The van der Waals surface area contributed by atoms with Gasteiger partial charge in [-0.2, -0.15) is 0 Å². The van der Waals surface area contributed by atoms with Crippen LogP contribution in [0.1, 0.15) is 51.4 Å². The summed E-state index contributed by atoms with van der Waals surface area (Å²) in [6.07, 6.45) is 12.6. The summed E-state index contributed by atoms with van der Waals surface area (Å²) in [5.41, 5.74) is 0.805. The first-order chi connectivity index (χ1) is 8.31. The topological polar surface area (TPSA) is 12.0 Å². The van der Waals surface area contributed by atoms with E-state index < -0.39 is 0 Å². The Hall–Kier alpha value is -0.0400. The normalized spacial score (nSPS) is 57.9. The van der Waals surface area contributed by atoms with Crippen molar-refractivity contribution in [2.45, 2.75) is 57.4 Å². The molecule has 5 saturated carbocycles. The first-order valence-corrected chi connectivity index (χ1v) is 8.05. The van der Waals surface area contributed by atoms with Crippen LogP contribution in [0.3, 0.4) is 0 Å². The largest absolute Gasteiger partial charge is 0.313 e. The minimum Gasteiger partial charge on any atom is -0.313 e. The van der Waals surface area contributed by atoms with Gasteiger partial charge < -0.3 is 5.32 Å². The lowest BCUT2D eigenvalue weighted by atomic mass is 9.50. The monoisotopic (exact) mass is 231 g/mol. The fraction of sp³-hybridized carbons (Fsp3) is 1.00. The molecule has 1 heterocycles. The molecule has 1 aliphatic heterocycles. The smallest absolute Gasteiger partial charge is 0.0107 e. The zero-order valence-electron chi connectivity index (χ0n) is 10.8. The predicted octanol–water partition coefficient (Wildman–Crippen LogP) is 3.20. The molecular formula is C16H25N. The van der Waals surface area contributed by atoms with Crippen molar-refractivity contribution in [3.05, 3.63) is 0 Å². The van der Waals surface area contributed by atoms with E-state index in [2.05, 4.69) is 5.32 Å². The van der Waals surface area contributed by atoms with Gasteiger partial charge in [-0.3, -0.25) is 0 Å². The molecular weight excluding hydrogens is 206 g/mol. The van der Waals surface area contributed by atoms with E-state index in [-0.39, 0.29) is 0 Å². The maximum Gasteiger partial charge on any atom is 0.0107 e. The van der Waals surface area contributed by atoms with Crippen LogP contribution in [0.15, 0.2) is 0 Å².